The highest BCUT2D eigenvalue weighted by Crippen LogP contribution is 2.17. The Hall–Kier alpha value is -2.60. The normalized spacial score (nSPS) is 16.5. The molecule has 0 spiro atoms. The molecule has 1 aromatic carbocycles. The molecule has 0 aliphatic carbocycles. The second-order valence-corrected chi connectivity index (χ2v) is 6.34. The van der Waals surface area contributed by atoms with Crippen LogP contribution in [0.4, 0.5) is 17.1 Å². The van der Waals surface area contributed by atoms with Gasteiger partial charge in [-0.15, -0.1) is 0 Å². The zero-order valence-electron chi connectivity index (χ0n) is 14.7. The molecule has 1 aromatic heterocycles. The third-order valence-corrected chi connectivity index (χ3v) is 4.20. The van der Waals surface area contributed by atoms with E-state index in [1.54, 1.807) is 12.3 Å². The molecule has 0 bridgehead atoms. The van der Waals surface area contributed by atoms with E-state index in [9.17, 15) is 4.79 Å². The average Bonchev–Trinajstić information content (AvgIpc) is 3.14. The second-order valence-electron chi connectivity index (χ2n) is 6.34. The fourth-order valence-electron chi connectivity index (χ4n) is 2.71. The topological polar surface area (TPSA) is 66.5 Å². The lowest BCUT2D eigenvalue weighted by Gasteiger charge is -2.13. The van der Waals surface area contributed by atoms with Crippen LogP contribution in [0.5, 0.6) is 0 Å². The summed E-state index contributed by atoms with van der Waals surface area (Å²) < 4.78 is 5.58. The summed E-state index contributed by atoms with van der Waals surface area (Å²) in [7, 11) is 3.96. The number of ether oxygens (including phenoxy) is 1. The van der Waals surface area contributed by atoms with E-state index < -0.39 is 0 Å². The van der Waals surface area contributed by atoms with Gasteiger partial charge in [0, 0.05) is 38.6 Å². The van der Waals surface area contributed by atoms with Gasteiger partial charge in [0.15, 0.2) is 0 Å². The summed E-state index contributed by atoms with van der Waals surface area (Å²) in [5.74, 6) is -0.219. The Bertz CT molecular complexity index is 692. The van der Waals surface area contributed by atoms with Crippen molar-refractivity contribution in [1.29, 1.82) is 0 Å². The second kappa shape index (κ2) is 7.98. The minimum atomic E-state index is -0.219. The number of aromatic nitrogens is 1. The van der Waals surface area contributed by atoms with Crippen LogP contribution < -0.4 is 15.5 Å². The van der Waals surface area contributed by atoms with Gasteiger partial charge in [0.2, 0.25) is 0 Å². The van der Waals surface area contributed by atoms with Crippen LogP contribution in [0.2, 0.25) is 0 Å². The largest absolute Gasteiger partial charge is 0.381 e. The van der Waals surface area contributed by atoms with E-state index >= 15 is 0 Å². The zero-order valence-corrected chi connectivity index (χ0v) is 14.7. The highest BCUT2D eigenvalue weighted by molar-refractivity contribution is 6.03. The van der Waals surface area contributed by atoms with Gasteiger partial charge in [-0.1, -0.05) is 0 Å². The van der Waals surface area contributed by atoms with Crippen molar-refractivity contribution in [2.75, 3.05) is 42.8 Å². The molecule has 2 heterocycles. The lowest BCUT2D eigenvalue weighted by Crippen LogP contribution is -2.19. The summed E-state index contributed by atoms with van der Waals surface area (Å²) >= 11 is 0. The Morgan fingerprint density at radius 3 is 2.56 bits per heavy atom. The molecule has 0 saturated carbocycles. The lowest BCUT2D eigenvalue weighted by molar-refractivity contribution is 0.102. The first-order chi connectivity index (χ1) is 12.1. The number of hydrogen-bond acceptors (Lipinski definition) is 5. The molecule has 1 unspecified atom stereocenters. The summed E-state index contributed by atoms with van der Waals surface area (Å²) in [5, 5.41) is 6.16. The highest BCUT2D eigenvalue weighted by atomic mass is 16.5. The van der Waals surface area contributed by atoms with Gasteiger partial charge in [-0.2, -0.15) is 0 Å². The molecular weight excluding hydrogens is 316 g/mol. The smallest absolute Gasteiger partial charge is 0.274 e. The molecule has 6 nitrogen and oxygen atoms in total. The molecule has 3 rings (SSSR count). The number of amides is 1. The van der Waals surface area contributed by atoms with Crippen LogP contribution in [0.3, 0.4) is 0 Å². The summed E-state index contributed by atoms with van der Waals surface area (Å²) in [6.45, 7) is 1.62. The molecule has 25 heavy (non-hydrogen) atoms. The highest BCUT2D eigenvalue weighted by Gasteiger charge is 2.15. The quantitative estimate of drug-likeness (QED) is 0.846. The van der Waals surface area contributed by atoms with Gasteiger partial charge >= 0.3 is 0 Å². The fourth-order valence-corrected chi connectivity index (χ4v) is 2.71. The lowest BCUT2D eigenvalue weighted by atomic mass is 10.2. The molecule has 1 aliphatic rings. The van der Waals surface area contributed by atoms with Crippen LogP contribution >= 0.6 is 0 Å². The molecule has 132 valence electrons. The van der Waals surface area contributed by atoms with Crippen molar-refractivity contribution in [2.24, 2.45) is 0 Å². The number of carbonyl (C=O) groups excluding carboxylic acids is 1. The first kappa shape index (κ1) is 17.2. The van der Waals surface area contributed by atoms with Crippen molar-refractivity contribution in [3.63, 3.8) is 0 Å². The number of rotatable bonds is 6. The van der Waals surface area contributed by atoms with Crippen LogP contribution in [0.25, 0.3) is 0 Å². The minimum absolute atomic E-state index is 0.219. The molecule has 0 radical (unpaired) electrons. The molecule has 1 amide bonds. The van der Waals surface area contributed by atoms with Gasteiger partial charge in [0.1, 0.15) is 5.69 Å². The van der Waals surface area contributed by atoms with Crippen molar-refractivity contribution < 1.29 is 9.53 Å². The molecule has 2 N–H and O–H groups in total. The maximum absolute atomic E-state index is 12.3. The number of hydrogen-bond donors (Lipinski definition) is 2. The van der Waals surface area contributed by atoms with E-state index in [2.05, 4.69) is 15.6 Å². The Balaban J connectivity index is 1.54. The van der Waals surface area contributed by atoms with E-state index in [0.29, 0.717) is 5.69 Å². The average molecular weight is 340 g/mol. The Labute approximate surface area is 148 Å². The summed E-state index contributed by atoms with van der Waals surface area (Å²) in [4.78, 5) is 18.5. The predicted molar refractivity (Wildman–Crippen MR) is 100 cm³/mol. The van der Waals surface area contributed by atoms with Crippen molar-refractivity contribution in [3.05, 3.63) is 48.3 Å². The van der Waals surface area contributed by atoms with Crippen LogP contribution in [-0.2, 0) is 4.74 Å². The van der Waals surface area contributed by atoms with Gasteiger partial charge in [-0.05, 0) is 49.2 Å². The number of benzene rings is 1. The number of pyridine rings is 1. The summed E-state index contributed by atoms with van der Waals surface area (Å²) in [5.41, 5.74) is 3.11. The van der Waals surface area contributed by atoms with Gasteiger partial charge in [0.25, 0.3) is 5.91 Å². The van der Waals surface area contributed by atoms with Crippen molar-refractivity contribution in [3.8, 4) is 0 Å². The first-order valence-corrected chi connectivity index (χ1v) is 8.52. The first-order valence-electron chi connectivity index (χ1n) is 8.52. The standard InChI is InChI=1S/C19H24N4O2/c1-23(2)16-8-5-14(6-9-16)22-19(24)18-10-7-15(12-21-18)20-13-17-4-3-11-25-17/h5-10,12,17,20H,3-4,11,13H2,1-2H3,(H,22,24). The molecule has 1 saturated heterocycles. The summed E-state index contributed by atoms with van der Waals surface area (Å²) in [6.07, 6.45) is 4.17. The molecule has 1 fully saturated rings. The van der Waals surface area contributed by atoms with Gasteiger partial charge in [-0.3, -0.25) is 4.79 Å². The zero-order chi connectivity index (χ0) is 17.6. The Morgan fingerprint density at radius 1 is 1.20 bits per heavy atom. The number of anilines is 3. The number of nitrogens with one attached hydrogen (secondary N) is 2. The van der Waals surface area contributed by atoms with Crippen LogP contribution in [-0.4, -0.2) is 44.2 Å². The van der Waals surface area contributed by atoms with Crippen LogP contribution in [0.15, 0.2) is 42.6 Å². The van der Waals surface area contributed by atoms with Crippen molar-refractivity contribution in [2.45, 2.75) is 18.9 Å². The molecule has 1 atom stereocenters. The van der Waals surface area contributed by atoms with Gasteiger partial charge in [0.05, 0.1) is 18.0 Å². The van der Waals surface area contributed by atoms with Crippen LogP contribution in [0.1, 0.15) is 23.3 Å². The third kappa shape index (κ3) is 4.70. The van der Waals surface area contributed by atoms with E-state index in [1.165, 1.54) is 0 Å². The number of nitrogens with zero attached hydrogens (tertiary/aromatic N) is 2. The molecule has 1 aliphatic heterocycles. The maximum atomic E-state index is 12.3. The molecule has 2 aromatic rings. The number of carbonyl (C=O) groups is 1. The van der Waals surface area contributed by atoms with E-state index in [1.807, 2.05) is 49.3 Å². The predicted octanol–water partition coefficient (Wildman–Crippen LogP) is 2.99. The van der Waals surface area contributed by atoms with Crippen molar-refractivity contribution >= 4 is 23.0 Å². The molecule has 6 heteroatoms. The van der Waals surface area contributed by atoms with E-state index in [4.69, 9.17) is 4.74 Å². The van der Waals surface area contributed by atoms with Gasteiger partial charge in [-0.25, -0.2) is 4.98 Å². The molecular formula is C19H24N4O2. The SMILES string of the molecule is CN(C)c1ccc(NC(=O)c2ccc(NCC3CCCO3)cn2)cc1. The minimum Gasteiger partial charge on any atom is -0.381 e. The van der Waals surface area contributed by atoms with E-state index in [-0.39, 0.29) is 12.0 Å². The monoisotopic (exact) mass is 340 g/mol. The Kier molecular flexibility index (Phi) is 5.50. The van der Waals surface area contributed by atoms with Gasteiger partial charge < -0.3 is 20.3 Å². The Morgan fingerprint density at radius 2 is 1.96 bits per heavy atom. The fraction of sp³-hybridized carbons (Fsp3) is 0.368. The van der Waals surface area contributed by atoms with E-state index in [0.717, 1.165) is 43.1 Å². The third-order valence-electron chi connectivity index (χ3n) is 4.20. The summed E-state index contributed by atoms with van der Waals surface area (Å²) in [6, 6.07) is 11.3. The van der Waals surface area contributed by atoms with Crippen molar-refractivity contribution in [1.82, 2.24) is 4.98 Å². The maximum Gasteiger partial charge on any atom is 0.274 e. The van der Waals surface area contributed by atoms with Crippen LogP contribution in [0, 0.1) is 0 Å².